The van der Waals surface area contributed by atoms with E-state index in [1.165, 1.54) is 17.7 Å². The second kappa shape index (κ2) is 7.00. The van der Waals surface area contributed by atoms with E-state index >= 15 is 0 Å². The van der Waals surface area contributed by atoms with Crippen molar-refractivity contribution in [2.24, 2.45) is 5.73 Å². The highest BCUT2D eigenvalue weighted by Crippen LogP contribution is 2.47. The topological polar surface area (TPSA) is 102 Å². The van der Waals surface area contributed by atoms with Gasteiger partial charge in [0.25, 0.3) is 0 Å². The van der Waals surface area contributed by atoms with E-state index in [1.807, 2.05) is 0 Å². The Kier molecular flexibility index (Phi) is 4.22. The molecule has 9 heteroatoms. The van der Waals surface area contributed by atoms with Crippen LogP contribution in [0, 0.1) is 5.82 Å². The Morgan fingerprint density at radius 1 is 1.26 bits per heavy atom. The highest BCUT2D eigenvalue weighted by molar-refractivity contribution is 5.85. The predicted molar refractivity (Wildman–Crippen MR) is 113 cm³/mol. The number of hydrogen-bond donors (Lipinski definition) is 2. The van der Waals surface area contributed by atoms with Crippen LogP contribution in [0.3, 0.4) is 0 Å². The number of fused-ring (bicyclic) bond motifs is 2. The van der Waals surface area contributed by atoms with Gasteiger partial charge in [-0.2, -0.15) is 5.10 Å². The number of nitrogens with one attached hydrogen (secondary N) is 1. The number of H-pyrrole nitrogens is 1. The molecule has 1 aromatic carbocycles. The molecular weight excluding hydrogens is 399 g/mol. The molecule has 6 rings (SSSR count). The fourth-order valence-electron chi connectivity index (χ4n) is 4.86. The van der Waals surface area contributed by atoms with Crippen molar-refractivity contribution >= 4 is 22.6 Å². The molecule has 8 nitrogen and oxygen atoms in total. The number of aromatic amines is 1. The number of rotatable bonds is 2. The maximum Gasteiger partial charge on any atom is 0.202 e. The first kappa shape index (κ1) is 18.7. The number of nitrogens with zero attached hydrogens (tertiary/aromatic N) is 4. The summed E-state index contributed by atoms with van der Waals surface area (Å²) in [4.78, 5) is 11.6. The van der Waals surface area contributed by atoms with Crippen molar-refractivity contribution in [1.82, 2.24) is 20.2 Å². The minimum absolute atomic E-state index is 0.263. The first-order valence-electron chi connectivity index (χ1n) is 10.6. The molecule has 3 aliphatic heterocycles. The average Bonchev–Trinajstić information content (AvgIpc) is 3.33. The van der Waals surface area contributed by atoms with Crippen LogP contribution < -0.4 is 15.4 Å². The largest absolute Gasteiger partial charge is 0.485 e. The van der Waals surface area contributed by atoms with Crippen molar-refractivity contribution in [1.29, 1.82) is 0 Å². The molecule has 0 radical (unpaired) electrons. The van der Waals surface area contributed by atoms with Crippen LogP contribution in [0.1, 0.15) is 36.6 Å². The Morgan fingerprint density at radius 3 is 2.94 bits per heavy atom. The summed E-state index contributed by atoms with van der Waals surface area (Å²) in [6.07, 6.45) is 6.15. The summed E-state index contributed by atoms with van der Waals surface area (Å²) in [5, 5.41) is 7.47. The zero-order valence-electron chi connectivity index (χ0n) is 17.0. The zero-order chi connectivity index (χ0) is 21.0. The van der Waals surface area contributed by atoms with Gasteiger partial charge in [0.2, 0.25) is 5.65 Å². The zero-order valence-corrected chi connectivity index (χ0v) is 17.0. The normalized spacial score (nSPS) is 22.5. The fraction of sp³-hybridized carbons (Fsp3) is 0.409. The molecule has 0 aliphatic carbocycles. The van der Waals surface area contributed by atoms with Gasteiger partial charge < -0.3 is 20.1 Å². The van der Waals surface area contributed by atoms with Gasteiger partial charge in [0.15, 0.2) is 0 Å². The van der Waals surface area contributed by atoms with E-state index in [0.29, 0.717) is 24.6 Å². The van der Waals surface area contributed by atoms with Crippen molar-refractivity contribution < 1.29 is 13.9 Å². The summed E-state index contributed by atoms with van der Waals surface area (Å²) in [6.45, 7) is 2.76. The van der Waals surface area contributed by atoms with Crippen LogP contribution in [0.4, 0.5) is 10.2 Å². The summed E-state index contributed by atoms with van der Waals surface area (Å²) in [6, 6.07) is 4.34. The smallest absolute Gasteiger partial charge is 0.202 e. The monoisotopic (exact) mass is 422 g/mol. The lowest BCUT2D eigenvalue weighted by atomic mass is 9.83. The van der Waals surface area contributed by atoms with Crippen LogP contribution in [-0.4, -0.2) is 52.1 Å². The highest BCUT2D eigenvalue weighted by atomic mass is 19.1. The van der Waals surface area contributed by atoms with Crippen LogP contribution in [0.25, 0.3) is 16.7 Å². The minimum Gasteiger partial charge on any atom is -0.485 e. The van der Waals surface area contributed by atoms with E-state index in [0.717, 1.165) is 54.9 Å². The third-order valence-corrected chi connectivity index (χ3v) is 6.66. The first-order chi connectivity index (χ1) is 15.1. The lowest BCUT2D eigenvalue weighted by Gasteiger charge is -2.41. The molecule has 3 aromatic rings. The molecule has 2 aromatic heterocycles. The predicted octanol–water partition coefficient (Wildman–Crippen LogP) is 2.73. The Morgan fingerprint density at radius 2 is 2.13 bits per heavy atom. The van der Waals surface area contributed by atoms with Crippen molar-refractivity contribution in [2.75, 3.05) is 31.2 Å². The number of ether oxygens (including phenoxy) is 2. The van der Waals surface area contributed by atoms with Crippen LogP contribution in [0.2, 0.25) is 0 Å². The summed E-state index contributed by atoms with van der Waals surface area (Å²) in [5.41, 5.74) is 10.4. The minimum atomic E-state index is -0.501. The molecular formula is C22H23FN6O2. The molecule has 3 N–H and O–H groups in total. The molecule has 0 unspecified atom stereocenters. The standard InChI is InChI=1S/C22H23FN6O2/c23-14-1-2-15-16(11-14)31-22(20(15)24)5-7-29(8-6-22)17-12-25-19-18(27-28-21(19)26-17)13-3-9-30-10-4-13/h1-3,11-12,20H,4-10,24H2,(H,26,27,28)/t20-/m1/s1. The highest BCUT2D eigenvalue weighted by Gasteiger charge is 2.48. The van der Waals surface area contributed by atoms with Crippen LogP contribution in [0.15, 0.2) is 30.5 Å². The number of anilines is 1. The van der Waals surface area contributed by atoms with Gasteiger partial charge in [-0.05, 0) is 18.1 Å². The quantitative estimate of drug-likeness (QED) is 0.655. The van der Waals surface area contributed by atoms with Gasteiger partial charge in [0, 0.05) is 37.6 Å². The summed E-state index contributed by atoms with van der Waals surface area (Å²) < 4.78 is 25.2. The van der Waals surface area contributed by atoms with E-state index in [9.17, 15) is 4.39 Å². The van der Waals surface area contributed by atoms with Gasteiger partial charge in [-0.3, -0.25) is 5.10 Å². The molecule has 0 amide bonds. The van der Waals surface area contributed by atoms with E-state index in [1.54, 1.807) is 12.3 Å². The molecule has 1 fully saturated rings. The number of aromatic nitrogens is 4. The Hall–Kier alpha value is -3.04. The number of benzene rings is 1. The maximum atomic E-state index is 13.6. The second-order valence-corrected chi connectivity index (χ2v) is 8.37. The lowest BCUT2D eigenvalue weighted by Crippen LogP contribution is -2.51. The van der Waals surface area contributed by atoms with E-state index < -0.39 is 5.60 Å². The first-order valence-corrected chi connectivity index (χ1v) is 10.6. The Labute approximate surface area is 178 Å². The molecule has 1 atom stereocenters. The third kappa shape index (κ3) is 2.99. The lowest BCUT2D eigenvalue weighted by molar-refractivity contribution is 0.0429. The van der Waals surface area contributed by atoms with E-state index in [2.05, 4.69) is 26.2 Å². The summed E-state index contributed by atoms with van der Waals surface area (Å²) in [5.74, 6) is 1.05. The Bertz CT molecular complexity index is 1180. The van der Waals surface area contributed by atoms with Crippen LogP contribution >= 0.6 is 0 Å². The number of piperidine rings is 1. The molecule has 31 heavy (non-hydrogen) atoms. The maximum absolute atomic E-state index is 13.6. The Balaban J connectivity index is 1.21. The van der Waals surface area contributed by atoms with Crippen LogP contribution in [0.5, 0.6) is 5.75 Å². The van der Waals surface area contributed by atoms with Crippen molar-refractivity contribution in [2.45, 2.75) is 30.9 Å². The van der Waals surface area contributed by atoms with Crippen LogP contribution in [-0.2, 0) is 4.74 Å². The SMILES string of the molecule is N[C@@H]1c2ccc(F)cc2OC12CCN(c1cnc3c(C4=CCOCC4)[nH]nc3n1)CC2. The van der Waals surface area contributed by atoms with Gasteiger partial charge in [-0.1, -0.05) is 12.1 Å². The molecule has 160 valence electrons. The van der Waals surface area contributed by atoms with Gasteiger partial charge >= 0.3 is 0 Å². The molecule has 1 saturated heterocycles. The number of hydrogen-bond acceptors (Lipinski definition) is 7. The number of halogens is 1. The molecule has 0 bridgehead atoms. The average molecular weight is 422 g/mol. The molecule has 0 saturated carbocycles. The van der Waals surface area contributed by atoms with Gasteiger partial charge in [0.1, 0.15) is 28.5 Å². The van der Waals surface area contributed by atoms with Crippen molar-refractivity contribution in [3.8, 4) is 5.75 Å². The van der Waals surface area contributed by atoms with Gasteiger partial charge in [0.05, 0.1) is 31.1 Å². The molecule has 1 spiro atoms. The molecule has 5 heterocycles. The molecule has 3 aliphatic rings. The van der Waals surface area contributed by atoms with Gasteiger partial charge in [-0.15, -0.1) is 0 Å². The van der Waals surface area contributed by atoms with E-state index in [-0.39, 0.29) is 11.9 Å². The van der Waals surface area contributed by atoms with E-state index in [4.69, 9.17) is 20.2 Å². The van der Waals surface area contributed by atoms with Crippen molar-refractivity contribution in [3.63, 3.8) is 0 Å². The third-order valence-electron chi connectivity index (χ3n) is 6.66. The second-order valence-electron chi connectivity index (χ2n) is 8.37. The van der Waals surface area contributed by atoms with Crippen molar-refractivity contribution in [3.05, 3.63) is 47.5 Å². The fourth-order valence-corrected chi connectivity index (χ4v) is 4.86. The van der Waals surface area contributed by atoms with Gasteiger partial charge in [-0.25, -0.2) is 14.4 Å². The number of nitrogens with two attached hydrogens (primary N) is 1. The summed E-state index contributed by atoms with van der Waals surface area (Å²) in [7, 11) is 0. The summed E-state index contributed by atoms with van der Waals surface area (Å²) >= 11 is 0.